The molecule has 2 aromatic rings. The van der Waals surface area contributed by atoms with Crippen molar-refractivity contribution in [3.63, 3.8) is 0 Å². The Bertz CT molecular complexity index is 770. The summed E-state index contributed by atoms with van der Waals surface area (Å²) >= 11 is 0. The van der Waals surface area contributed by atoms with Gasteiger partial charge in [0, 0.05) is 17.1 Å². The summed E-state index contributed by atoms with van der Waals surface area (Å²) in [5.74, 6) is -1.10. The zero-order chi connectivity index (χ0) is 19.6. The number of fused-ring (bicyclic) bond motifs is 1. The van der Waals surface area contributed by atoms with Gasteiger partial charge < -0.3 is 10.6 Å². The van der Waals surface area contributed by atoms with Crippen LogP contribution in [0.2, 0.25) is 0 Å². The molecule has 0 bridgehead atoms. The van der Waals surface area contributed by atoms with Gasteiger partial charge in [-0.2, -0.15) is 0 Å². The zero-order valence-corrected chi connectivity index (χ0v) is 16.7. The number of hydrogen-bond donors (Lipinski definition) is 2. The highest BCUT2D eigenvalue weighted by molar-refractivity contribution is 6.40. The Hall–Kier alpha value is -2.36. The molecule has 0 spiro atoms. The Balaban J connectivity index is 1.57. The number of rotatable bonds is 2. The molecule has 1 saturated carbocycles. The van der Waals surface area contributed by atoms with E-state index < -0.39 is 11.8 Å². The van der Waals surface area contributed by atoms with Gasteiger partial charge in [0.25, 0.3) is 0 Å². The number of amides is 2. The molecule has 3 rings (SSSR count). The Morgan fingerprint density at radius 1 is 0.679 bits per heavy atom. The maximum atomic E-state index is 12.5. The van der Waals surface area contributed by atoms with Crippen molar-refractivity contribution in [1.29, 1.82) is 0 Å². The van der Waals surface area contributed by atoms with Gasteiger partial charge in [0.1, 0.15) is 0 Å². The zero-order valence-electron chi connectivity index (χ0n) is 16.7. The quantitative estimate of drug-likeness (QED) is 0.669. The fourth-order valence-corrected chi connectivity index (χ4v) is 4.07. The molecule has 0 atom stereocenters. The van der Waals surface area contributed by atoms with Crippen LogP contribution >= 0.6 is 0 Å². The first-order chi connectivity index (χ1) is 13.7. The van der Waals surface area contributed by atoms with Crippen molar-refractivity contribution in [3.05, 3.63) is 42.5 Å². The van der Waals surface area contributed by atoms with Gasteiger partial charge in [0.05, 0.1) is 0 Å². The van der Waals surface area contributed by atoms with Crippen LogP contribution in [-0.4, -0.2) is 17.9 Å². The number of benzene rings is 2. The van der Waals surface area contributed by atoms with Crippen molar-refractivity contribution in [2.45, 2.75) is 76.7 Å². The minimum absolute atomic E-state index is 0.102. The third-order valence-corrected chi connectivity index (χ3v) is 5.68. The first kappa shape index (κ1) is 20.4. The molecular weight excluding hydrogens is 348 g/mol. The van der Waals surface area contributed by atoms with Gasteiger partial charge in [-0.1, -0.05) is 94.2 Å². The fourth-order valence-electron chi connectivity index (χ4n) is 4.07. The lowest BCUT2D eigenvalue weighted by atomic mass is 9.98. The van der Waals surface area contributed by atoms with Crippen LogP contribution in [0, 0.1) is 0 Å². The molecule has 0 unspecified atom stereocenters. The van der Waals surface area contributed by atoms with E-state index in [0.29, 0.717) is 5.69 Å². The van der Waals surface area contributed by atoms with Crippen LogP contribution in [0.25, 0.3) is 10.8 Å². The number of hydrogen-bond acceptors (Lipinski definition) is 2. The van der Waals surface area contributed by atoms with E-state index in [2.05, 4.69) is 10.6 Å². The van der Waals surface area contributed by atoms with Crippen molar-refractivity contribution in [3.8, 4) is 0 Å². The SMILES string of the molecule is O=C(Nc1cccc2ccccc12)C(=O)NC1CCCCCCCCCCC1. The third-order valence-electron chi connectivity index (χ3n) is 5.68. The Kier molecular flexibility index (Phi) is 7.89. The third kappa shape index (κ3) is 6.08. The van der Waals surface area contributed by atoms with Crippen LogP contribution in [-0.2, 0) is 9.59 Å². The van der Waals surface area contributed by atoms with Crippen molar-refractivity contribution < 1.29 is 9.59 Å². The van der Waals surface area contributed by atoms with Crippen molar-refractivity contribution in [2.24, 2.45) is 0 Å². The summed E-state index contributed by atoms with van der Waals surface area (Å²) in [4.78, 5) is 25.0. The van der Waals surface area contributed by atoms with Crippen molar-refractivity contribution in [2.75, 3.05) is 5.32 Å². The van der Waals surface area contributed by atoms with Crippen LogP contribution in [0.4, 0.5) is 5.69 Å². The monoisotopic (exact) mass is 380 g/mol. The Morgan fingerprint density at radius 2 is 1.25 bits per heavy atom. The molecule has 2 N–H and O–H groups in total. The van der Waals surface area contributed by atoms with E-state index in [0.717, 1.165) is 36.5 Å². The van der Waals surface area contributed by atoms with Crippen LogP contribution < -0.4 is 10.6 Å². The van der Waals surface area contributed by atoms with Crippen LogP contribution in [0.1, 0.15) is 70.6 Å². The molecule has 0 aromatic heterocycles. The lowest BCUT2D eigenvalue weighted by molar-refractivity contribution is -0.136. The Morgan fingerprint density at radius 3 is 1.93 bits per heavy atom. The highest BCUT2D eigenvalue weighted by Crippen LogP contribution is 2.23. The normalized spacial score (nSPS) is 17.3. The summed E-state index contributed by atoms with van der Waals surface area (Å²) < 4.78 is 0. The average molecular weight is 381 g/mol. The van der Waals surface area contributed by atoms with Gasteiger partial charge in [-0.3, -0.25) is 9.59 Å². The summed E-state index contributed by atoms with van der Waals surface area (Å²) in [6.45, 7) is 0. The van der Waals surface area contributed by atoms with Crippen LogP contribution in [0.15, 0.2) is 42.5 Å². The topological polar surface area (TPSA) is 58.2 Å². The van der Waals surface area contributed by atoms with Gasteiger partial charge in [-0.15, -0.1) is 0 Å². The van der Waals surface area contributed by atoms with Crippen molar-refractivity contribution in [1.82, 2.24) is 5.32 Å². The molecule has 0 radical (unpaired) electrons. The van der Waals surface area contributed by atoms with E-state index in [4.69, 9.17) is 0 Å². The first-order valence-electron chi connectivity index (χ1n) is 10.8. The number of carbonyl (C=O) groups is 2. The molecule has 28 heavy (non-hydrogen) atoms. The van der Waals surface area contributed by atoms with Gasteiger partial charge in [0.2, 0.25) is 0 Å². The summed E-state index contributed by atoms with van der Waals surface area (Å²) in [6.07, 6.45) is 13.2. The molecule has 0 heterocycles. The fraction of sp³-hybridized carbons (Fsp3) is 0.500. The maximum Gasteiger partial charge on any atom is 0.313 e. The molecule has 4 heteroatoms. The van der Waals surface area contributed by atoms with Gasteiger partial charge in [0.15, 0.2) is 0 Å². The molecule has 1 aliphatic carbocycles. The van der Waals surface area contributed by atoms with E-state index in [1.807, 2.05) is 42.5 Å². The summed E-state index contributed by atoms with van der Waals surface area (Å²) in [7, 11) is 0. The minimum Gasteiger partial charge on any atom is -0.345 e. The number of carbonyl (C=O) groups excluding carboxylic acids is 2. The first-order valence-corrected chi connectivity index (χ1v) is 10.8. The second kappa shape index (κ2) is 10.8. The Labute approximate surface area is 168 Å². The van der Waals surface area contributed by atoms with E-state index >= 15 is 0 Å². The molecule has 150 valence electrons. The van der Waals surface area contributed by atoms with Gasteiger partial charge >= 0.3 is 11.8 Å². The standard InChI is InChI=1S/C24H32N2O2/c27-23(25-20-15-8-6-4-2-1-3-5-7-9-16-20)24(28)26-22-18-12-14-19-13-10-11-17-21(19)22/h10-14,17-18,20H,1-9,15-16H2,(H,25,27)(H,26,28). The second-order valence-electron chi connectivity index (χ2n) is 7.91. The summed E-state index contributed by atoms with van der Waals surface area (Å²) in [5, 5.41) is 7.76. The second-order valence-corrected chi connectivity index (χ2v) is 7.91. The largest absolute Gasteiger partial charge is 0.345 e. The molecule has 0 saturated heterocycles. The maximum absolute atomic E-state index is 12.5. The van der Waals surface area contributed by atoms with Gasteiger partial charge in [-0.25, -0.2) is 0 Å². The number of nitrogens with one attached hydrogen (secondary N) is 2. The number of anilines is 1. The molecule has 2 amide bonds. The lowest BCUT2D eigenvalue weighted by Gasteiger charge is -2.19. The average Bonchev–Trinajstić information content (AvgIpc) is 2.70. The molecule has 4 nitrogen and oxygen atoms in total. The molecule has 1 fully saturated rings. The van der Waals surface area contributed by atoms with E-state index in [-0.39, 0.29) is 6.04 Å². The molecule has 1 aliphatic rings. The smallest absolute Gasteiger partial charge is 0.313 e. The van der Waals surface area contributed by atoms with Crippen LogP contribution in [0.3, 0.4) is 0 Å². The molecule has 0 aliphatic heterocycles. The predicted molar refractivity (Wildman–Crippen MR) is 115 cm³/mol. The van der Waals surface area contributed by atoms with E-state index in [9.17, 15) is 9.59 Å². The minimum atomic E-state index is -0.581. The van der Waals surface area contributed by atoms with E-state index in [1.54, 1.807) is 0 Å². The van der Waals surface area contributed by atoms with E-state index in [1.165, 1.54) is 44.9 Å². The summed E-state index contributed by atoms with van der Waals surface area (Å²) in [5.41, 5.74) is 0.678. The highest BCUT2D eigenvalue weighted by atomic mass is 16.2. The summed E-state index contributed by atoms with van der Waals surface area (Å²) in [6, 6.07) is 13.7. The molecule has 2 aromatic carbocycles. The lowest BCUT2D eigenvalue weighted by Crippen LogP contribution is -2.42. The molecular formula is C24H32N2O2. The predicted octanol–water partition coefficient (Wildman–Crippen LogP) is 5.57. The van der Waals surface area contributed by atoms with Crippen LogP contribution in [0.5, 0.6) is 0 Å². The highest BCUT2D eigenvalue weighted by Gasteiger charge is 2.19. The van der Waals surface area contributed by atoms with Gasteiger partial charge in [-0.05, 0) is 24.3 Å². The van der Waals surface area contributed by atoms with Crippen molar-refractivity contribution >= 4 is 28.3 Å².